The lowest BCUT2D eigenvalue weighted by Crippen LogP contribution is -2.11. The summed E-state index contributed by atoms with van der Waals surface area (Å²) in [6.07, 6.45) is 0.0888. The molecule has 1 heterocycles. The molecule has 0 aliphatic heterocycles. The normalized spacial score (nSPS) is 10.6. The molecule has 0 radical (unpaired) electrons. The summed E-state index contributed by atoms with van der Waals surface area (Å²) in [5.41, 5.74) is 0.406. The van der Waals surface area contributed by atoms with Crippen molar-refractivity contribution in [1.82, 2.24) is 9.97 Å². The topological polar surface area (TPSA) is 87.6 Å². The summed E-state index contributed by atoms with van der Waals surface area (Å²) in [5, 5.41) is 0. The van der Waals surface area contributed by atoms with Gasteiger partial charge in [-0.3, -0.25) is 4.79 Å². The molecular weight excluding hydrogens is 386 g/mol. The number of carbonyl (C=O) groups excluding carboxylic acids is 2. The van der Waals surface area contributed by atoms with E-state index < -0.39 is 23.6 Å². The number of esters is 2. The summed E-state index contributed by atoms with van der Waals surface area (Å²) in [4.78, 5) is 31.7. The Kier molecular flexibility index (Phi) is 5.96. The number of rotatable bonds is 6. The molecule has 2 aromatic carbocycles. The second-order valence-electron chi connectivity index (χ2n) is 5.85. The zero-order valence-electron chi connectivity index (χ0n) is 15.6. The third-order valence-corrected chi connectivity index (χ3v) is 3.86. The number of ether oxygens (including phenoxy) is 3. The Balaban J connectivity index is 1.97. The summed E-state index contributed by atoms with van der Waals surface area (Å²) in [6.45, 7) is 1.69. The SMILES string of the molecule is CCOC(=O)c1nc2cc(F)c(F)cc2nc1Oc1ccc(CC(=O)OC)cc1. The van der Waals surface area contributed by atoms with Gasteiger partial charge >= 0.3 is 11.9 Å². The van der Waals surface area contributed by atoms with Crippen molar-refractivity contribution >= 4 is 23.0 Å². The van der Waals surface area contributed by atoms with Crippen LogP contribution < -0.4 is 4.74 Å². The van der Waals surface area contributed by atoms with Crippen LogP contribution in [-0.4, -0.2) is 35.6 Å². The zero-order chi connectivity index (χ0) is 21.0. The number of hydrogen-bond acceptors (Lipinski definition) is 7. The molecule has 1 aromatic heterocycles. The summed E-state index contributed by atoms with van der Waals surface area (Å²) >= 11 is 0. The van der Waals surface area contributed by atoms with E-state index in [4.69, 9.17) is 9.47 Å². The van der Waals surface area contributed by atoms with E-state index in [1.54, 1.807) is 31.2 Å². The predicted octanol–water partition coefficient (Wildman–Crippen LogP) is 3.59. The predicted molar refractivity (Wildman–Crippen MR) is 97.6 cm³/mol. The molecule has 3 rings (SSSR count). The highest BCUT2D eigenvalue weighted by atomic mass is 19.2. The van der Waals surface area contributed by atoms with E-state index in [-0.39, 0.29) is 35.6 Å². The van der Waals surface area contributed by atoms with Crippen LogP contribution in [0.15, 0.2) is 36.4 Å². The van der Waals surface area contributed by atoms with Crippen molar-refractivity contribution in [2.24, 2.45) is 0 Å². The van der Waals surface area contributed by atoms with Gasteiger partial charge in [0.2, 0.25) is 5.69 Å². The molecule has 0 amide bonds. The van der Waals surface area contributed by atoms with Gasteiger partial charge in [-0.2, -0.15) is 0 Å². The van der Waals surface area contributed by atoms with E-state index in [9.17, 15) is 18.4 Å². The first-order chi connectivity index (χ1) is 13.9. The fraction of sp³-hybridized carbons (Fsp3) is 0.200. The first-order valence-corrected chi connectivity index (χ1v) is 8.58. The van der Waals surface area contributed by atoms with Crippen molar-refractivity contribution in [3.05, 3.63) is 59.3 Å². The van der Waals surface area contributed by atoms with Crippen LogP contribution in [-0.2, 0) is 20.7 Å². The van der Waals surface area contributed by atoms with Crippen molar-refractivity contribution in [2.75, 3.05) is 13.7 Å². The first-order valence-electron chi connectivity index (χ1n) is 8.58. The van der Waals surface area contributed by atoms with E-state index in [0.29, 0.717) is 11.3 Å². The van der Waals surface area contributed by atoms with Crippen LogP contribution in [0.25, 0.3) is 11.0 Å². The number of halogens is 2. The Morgan fingerprint density at radius 1 is 1.00 bits per heavy atom. The minimum Gasteiger partial charge on any atom is -0.469 e. The van der Waals surface area contributed by atoms with Crippen LogP contribution in [0.4, 0.5) is 8.78 Å². The summed E-state index contributed by atoms with van der Waals surface area (Å²) < 4.78 is 42.2. The number of hydrogen-bond donors (Lipinski definition) is 0. The van der Waals surface area contributed by atoms with Crippen LogP contribution in [0.2, 0.25) is 0 Å². The highest BCUT2D eigenvalue weighted by Crippen LogP contribution is 2.27. The van der Waals surface area contributed by atoms with Gasteiger partial charge in [0, 0.05) is 12.1 Å². The molecule has 9 heteroatoms. The van der Waals surface area contributed by atoms with Crippen molar-refractivity contribution in [1.29, 1.82) is 0 Å². The van der Waals surface area contributed by atoms with Crippen LogP contribution >= 0.6 is 0 Å². The molecule has 0 bridgehead atoms. The van der Waals surface area contributed by atoms with Crippen molar-refractivity contribution in [2.45, 2.75) is 13.3 Å². The smallest absolute Gasteiger partial charge is 0.362 e. The Bertz CT molecular complexity index is 1070. The second-order valence-corrected chi connectivity index (χ2v) is 5.85. The molecular formula is C20H16F2N2O5. The number of methoxy groups -OCH3 is 1. The lowest BCUT2D eigenvalue weighted by molar-refractivity contribution is -0.139. The van der Waals surface area contributed by atoms with Crippen LogP contribution in [0.1, 0.15) is 23.0 Å². The molecule has 150 valence electrons. The number of fused-ring (bicyclic) bond motifs is 1. The van der Waals surface area contributed by atoms with Crippen LogP contribution in [0.3, 0.4) is 0 Å². The molecule has 0 saturated heterocycles. The molecule has 0 spiro atoms. The van der Waals surface area contributed by atoms with Gasteiger partial charge < -0.3 is 14.2 Å². The van der Waals surface area contributed by atoms with Gasteiger partial charge in [-0.05, 0) is 24.6 Å². The fourth-order valence-electron chi connectivity index (χ4n) is 2.46. The quantitative estimate of drug-likeness (QED) is 0.582. The number of benzene rings is 2. The van der Waals surface area contributed by atoms with E-state index in [2.05, 4.69) is 14.7 Å². The first kappa shape index (κ1) is 20.1. The van der Waals surface area contributed by atoms with Gasteiger partial charge in [-0.15, -0.1) is 0 Å². The van der Waals surface area contributed by atoms with Crippen LogP contribution in [0.5, 0.6) is 11.6 Å². The van der Waals surface area contributed by atoms with Crippen molar-refractivity contribution in [3.8, 4) is 11.6 Å². The average molecular weight is 402 g/mol. The molecule has 0 saturated carbocycles. The molecule has 0 N–H and O–H groups in total. The molecule has 29 heavy (non-hydrogen) atoms. The Hall–Kier alpha value is -3.62. The van der Waals surface area contributed by atoms with E-state index in [0.717, 1.165) is 12.1 Å². The average Bonchev–Trinajstić information content (AvgIpc) is 2.70. The molecule has 0 aliphatic rings. The Morgan fingerprint density at radius 3 is 2.21 bits per heavy atom. The molecule has 0 fully saturated rings. The highest BCUT2D eigenvalue weighted by molar-refractivity contribution is 5.92. The second kappa shape index (κ2) is 8.59. The van der Waals surface area contributed by atoms with Gasteiger partial charge in [0.1, 0.15) is 5.75 Å². The monoisotopic (exact) mass is 402 g/mol. The van der Waals surface area contributed by atoms with Crippen molar-refractivity contribution < 1.29 is 32.6 Å². The summed E-state index contributed by atoms with van der Waals surface area (Å²) in [5.74, 6) is -3.35. The van der Waals surface area contributed by atoms with Crippen LogP contribution in [0, 0.1) is 11.6 Å². The van der Waals surface area contributed by atoms with Crippen molar-refractivity contribution in [3.63, 3.8) is 0 Å². The maximum Gasteiger partial charge on any atom is 0.362 e. The van der Waals surface area contributed by atoms with Gasteiger partial charge in [0.15, 0.2) is 11.6 Å². The van der Waals surface area contributed by atoms with E-state index in [1.807, 2.05) is 0 Å². The summed E-state index contributed by atoms with van der Waals surface area (Å²) in [6, 6.07) is 8.10. The van der Waals surface area contributed by atoms with E-state index >= 15 is 0 Å². The van der Waals surface area contributed by atoms with E-state index in [1.165, 1.54) is 7.11 Å². The number of carbonyl (C=O) groups is 2. The minimum absolute atomic E-state index is 0.00857. The van der Waals surface area contributed by atoms with Gasteiger partial charge in [-0.1, -0.05) is 12.1 Å². The number of aromatic nitrogens is 2. The standard InChI is InChI=1S/C20H16F2N2O5/c1-3-28-20(26)18-19(24-16-10-14(22)13(21)9-15(16)23-18)29-12-6-4-11(5-7-12)8-17(25)27-2/h4-7,9-10H,3,8H2,1-2H3. The Labute approximate surface area is 164 Å². The largest absolute Gasteiger partial charge is 0.469 e. The zero-order valence-corrected chi connectivity index (χ0v) is 15.6. The van der Waals surface area contributed by atoms with Gasteiger partial charge in [-0.25, -0.2) is 23.5 Å². The molecule has 7 nitrogen and oxygen atoms in total. The molecule has 3 aromatic rings. The Morgan fingerprint density at radius 2 is 1.62 bits per heavy atom. The molecule has 0 atom stereocenters. The van der Waals surface area contributed by atoms with Gasteiger partial charge in [0.05, 0.1) is 31.2 Å². The number of nitrogens with zero attached hydrogens (tertiary/aromatic N) is 2. The maximum atomic E-state index is 13.6. The lowest BCUT2D eigenvalue weighted by Gasteiger charge is -2.11. The highest BCUT2D eigenvalue weighted by Gasteiger charge is 2.21. The summed E-state index contributed by atoms with van der Waals surface area (Å²) in [7, 11) is 1.30. The third kappa shape index (κ3) is 4.63. The third-order valence-electron chi connectivity index (χ3n) is 3.86. The lowest BCUT2D eigenvalue weighted by atomic mass is 10.1. The fourth-order valence-corrected chi connectivity index (χ4v) is 2.46. The molecule has 0 unspecified atom stereocenters. The molecule has 0 aliphatic carbocycles. The minimum atomic E-state index is -1.11. The van der Waals surface area contributed by atoms with Gasteiger partial charge in [0.25, 0.3) is 5.88 Å². The maximum absolute atomic E-state index is 13.6.